The summed E-state index contributed by atoms with van der Waals surface area (Å²) < 4.78 is 5.54. The Morgan fingerprint density at radius 1 is 1.11 bits per heavy atom. The monoisotopic (exact) mass is 248 g/mol. The van der Waals surface area contributed by atoms with Crippen LogP contribution in [0.15, 0.2) is 30.3 Å². The van der Waals surface area contributed by atoms with E-state index >= 15 is 0 Å². The minimum atomic E-state index is 0.204. The summed E-state index contributed by atoms with van der Waals surface area (Å²) in [6, 6.07) is 9.44. The summed E-state index contributed by atoms with van der Waals surface area (Å²) in [5, 5.41) is 0. The fraction of sp³-hybridized carbons (Fsp3) is 0.562. The molecule has 0 unspecified atom stereocenters. The Kier molecular flexibility index (Phi) is 6.06. The smallest absolute Gasteiger partial charge is 0.162 e. The Bertz CT molecular complexity index is 349. The number of hydrogen-bond acceptors (Lipinski definition) is 2. The molecule has 0 saturated carbocycles. The summed E-state index contributed by atoms with van der Waals surface area (Å²) >= 11 is 0. The number of carbonyl (C=O) groups excluding carboxylic acids is 1. The van der Waals surface area contributed by atoms with Crippen molar-refractivity contribution in [2.45, 2.75) is 40.0 Å². The highest BCUT2D eigenvalue weighted by atomic mass is 16.5. The van der Waals surface area contributed by atoms with Crippen molar-refractivity contribution in [1.82, 2.24) is 0 Å². The SMILES string of the molecule is CC(C)(C)CCOCCCC(=O)c1ccccc1. The molecule has 18 heavy (non-hydrogen) atoms. The van der Waals surface area contributed by atoms with Gasteiger partial charge in [-0.1, -0.05) is 51.1 Å². The zero-order valence-corrected chi connectivity index (χ0v) is 11.7. The molecule has 0 N–H and O–H groups in total. The number of carbonyl (C=O) groups is 1. The molecule has 0 atom stereocenters. The van der Waals surface area contributed by atoms with Crippen LogP contribution in [0.5, 0.6) is 0 Å². The second-order valence-electron chi connectivity index (χ2n) is 5.82. The van der Waals surface area contributed by atoms with Gasteiger partial charge in [-0.2, -0.15) is 0 Å². The van der Waals surface area contributed by atoms with E-state index in [1.807, 2.05) is 30.3 Å². The Hall–Kier alpha value is -1.15. The van der Waals surface area contributed by atoms with Gasteiger partial charge in [0.15, 0.2) is 5.78 Å². The van der Waals surface area contributed by atoms with Crippen molar-refractivity contribution in [3.05, 3.63) is 35.9 Å². The maximum absolute atomic E-state index is 11.8. The van der Waals surface area contributed by atoms with E-state index in [1.165, 1.54) is 0 Å². The largest absolute Gasteiger partial charge is 0.381 e. The first kappa shape index (κ1) is 14.9. The molecule has 0 aliphatic rings. The van der Waals surface area contributed by atoms with Gasteiger partial charge < -0.3 is 4.74 Å². The van der Waals surface area contributed by atoms with Crippen LogP contribution >= 0.6 is 0 Å². The molecule has 2 nitrogen and oxygen atoms in total. The summed E-state index contributed by atoms with van der Waals surface area (Å²) in [7, 11) is 0. The summed E-state index contributed by atoms with van der Waals surface area (Å²) in [4.78, 5) is 11.8. The fourth-order valence-electron chi connectivity index (χ4n) is 1.58. The van der Waals surface area contributed by atoms with Gasteiger partial charge in [0.1, 0.15) is 0 Å². The van der Waals surface area contributed by atoms with Crippen LogP contribution in [0.25, 0.3) is 0 Å². The van der Waals surface area contributed by atoms with Crippen LogP contribution in [0.1, 0.15) is 50.4 Å². The molecule has 0 aliphatic carbocycles. The lowest BCUT2D eigenvalue weighted by Crippen LogP contribution is -2.10. The first-order valence-electron chi connectivity index (χ1n) is 6.65. The van der Waals surface area contributed by atoms with E-state index in [0.717, 1.165) is 25.0 Å². The third-order valence-corrected chi connectivity index (χ3v) is 2.78. The van der Waals surface area contributed by atoms with Crippen molar-refractivity contribution in [3.63, 3.8) is 0 Å². The van der Waals surface area contributed by atoms with E-state index in [9.17, 15) is 4.79 Å². The average molecular weight is 248 g/mol. The molecule has 0 saturated heterocycles. The van der Waals surface area contributed by atoms with Gasteiger partial charge >= 0.3 is 0 Å². The van der Waals surface area contributed by atoms with Gasteiger partial charge in [-0.25, -0.2) is 0 Å². The Labute approximate surface area is 110 Å². The molecule has 2 heteroatoms. The minimum Gasteiger partial charge on any atom is -0.381 e. The minimum absolute atomic E-state index is 0.204. The lowest BCUT2D eigenvalue weighted by molar-refractivity contribution is 0.0895. The topological polar surface area (TPSA) is 26.3 Å². The molecule has 0 aromatic heterocycles. The molecule has 0 fully saturated rings. The summed E-state index contributed by atoms with van der Waals surface area (Å²) in [6.07, 6.45) is 2.43. The quantitative estimate of drug-likeness (QED) is 0.536. The third-order valence-electron chi connectivity index (χ3n) is 2.78. The van der Waals surface area contributed by atoms with Crippen LogP contribution < -0.4 is 0 Å². The highest BCUT2D eigenvalue weighted by Crippen LogP contribution is 2.17. The molecular formula is C16H24O2. The summed E-state index contributed by atoms with van der Waals surface area (Å²) in [5.74, 6) is 0.204. The second kappa shape index (κ2) is 7.32. The summed E-state index contributed by atoms with van der Waals surface area (Å²) in [6.45, 7) is 8.07. The molecule has 0 bridgehead atoms. The van der Waals surface area contributed by atoms with Gasteiger partial charge in [0.05, 0.1) is 0 Å². The standard InChI is InChI=1S/C16H24O2/c1-16(2,3)11-13-18-12-7-10-15(17)14-8-5-4-6-9-14/h4-6,8-9H,7,10-13H2,1-3H3. The molecule has 0 aliphatic heterocycles. The van der Waals surface area contributed by atoms with Gasteiger partial charge in [-0.15, -0.1) is 0 Å². The van der Waals surface area contributed by atoms with Crippen molar-refractivity contribution in [2.24, 2.45) is 5.41 Å². The number of ketones is 1. The summed E-state index contributed by atoms with van der Waals surface area (Å²) in [5.41, 5.74) is 1.12. The number of ether oxygens (including phenoxy) is 1. The van der Waals surface area contributed by atoms with Gasteiger partial charge in [0.2, 0.25) is 0 Å². The van der Waals surface area contributed by atoms with Crippen molar-refractivity contribution in [1.29, 1.82) is 0 Å². The third kappa shape index (κ3) is 6.55. The molecule has 0 heterocycles. The zero-order chi connectivity index (χ0) is 13.4. The molecule has 100 valence electrons. The van der Waals surface area contributed by atoms with Crippen molar-refractivity contribution in [3.8, 4) is 0 Å². The molecule has 1 rings (SSSR count). The van der Waals surface area contributed by atoms with Gasteiger partial charge in [-0.3, -0.25) is 4.79 Å². The van der Waals surface area contributed by atoms with E-state index < -0.39 is 0 Å². The number of benzene rings is 1. The number of Topliss-reactive ketones (excluding diaryl/α,β-unsaturated/α-hetero) is 1. The molecule has 0 spiro atoms. The number of rotatable bonds is 7. The van der Waals surface area contributed by atoms with E-state index in [4.69, 9.17) is 4.74 Å². The lowest BCUT2D eigenvalue weighted by Gasteiger charge is -2.17. The van der Waals surface area contributed by atoms with E-state index in [2.05, 4.69) is 20.8 Å². The maximum Gasteiger partial charge on any atom is 0.162 e. The van der Waals surface area contributed by atoms with Crippen LogP contribution in [0.4, 0.5) is 0 Å². The predicted molar refractivity (Wildman–Crippen MR) is 74.9 cm³/mol. The Balaban J connectivity index is 2.10. The van der Waals surface area contributed by atoms with Gasteiger partial charge in [-0.05, 0) is 18.3 Å². The van der Waals surface area contributed by atoms with Crippen molar-refractivity contribution < 1.29 is 9.53 Å². The van der Waals surface area contributed by atoms with Crippen LogP contribution in [0.3, 0.4) is 0 Å². The highest BCUT2D eigenvalue weighted by Gasteiger charge is 2.09. The van der Waals surface area contributed by atoms with Crippen LogP contribution in [-0.4, -0.2) is 19.0 Å². The van der Waals surface area contributed by atoms with Crippen molar-refractivity contribution >= 4 is 5.78 Å². The Morgan fingerprint density at radius 2 is 1.78 bits per heavy atom. The van der Waals surface area contributed by atoms with Crippen LogP contribution in [0.2, 0.25) is 0 Å². The molecule has 0 amide bonds. The molecular weight excluding hydrogens is 224 g/mol. The normalized spacial score (nSPS) is 11.5. The van der Waals surface area contributed by atoms with Crippen LogP contribution in [-0.2, 0) is 4.74 Å². The van der Waals surface area contributed by atoms with Gasteiger partial charge in [0.25, 0.3) is 0 Å². The number of hydrogen-bond donors (Lipinski definition) is 0. The zero-order valence-electron chi connectivity index (χ0n) is 11.7. The van der Waals surface area contributed by atoms with E-state index in [1.54, 1.807) is 0 Å². The second-order valence-corrected chi connectivity index (χ2v) is 5.82. The van der Waals surface area contributed by atoms with Gasteiger partial charge in [0, 0.05) is 25.2 Å². The highest BCUT2D eigenvalue weighted by molar-refractivity contribution is 5.95. The van der Waals surface area contributed by atoms with Crippen molar-refractivity contribution in [2.75, 3.05) is 13.2 Å². The average Bonchev–Trinajstić information content (AvgIpc) is 2.33. The fourth-order valence-corrected chi connectivity index (χ4v) is 1.58. The molecule has 0 radical (unpaired) electrons. The first-order chi connectivity index (χ1) is 8.49. The Morgan fingerprint density at radius 3 is 2.39 bits per heavy atom. The molecule has 1 aromatic rings. The van der Waals surface area contributed by atoms with E-state index in [0.29, 0.717) is 18.4 Å². The first-order valence-corrected chi connectivity index (χ1v) is 6.65. The molecule has 1 aromatic carbocycles. The maximum atomic E-state index is 11.8. The van der Waals surface area contributed by atoms with E-state index in [-0.39, 0.29) is 5.78 Å². The lowest BCUT2D eigenvalue weighted by atomic mass is 9.93. The van der Waals surface area contributed by atoms with Crippen LogP contribution in [0, 0.1) is 5.41 Å². The predicted octanol–water partition coefficient (Wildman–Crippen LogP) is 4.10.